The number of nitrogens with one attached hydrogen (secondary N) is 1. The van der Waals surface area contributed by atoms with Gasteiger partial charge in [0.2, 0.25) is 0 Å². The molecule has 1 aromatic heterocycles. The Morgan fingerprint density at radius 2 is 2.47 bits per heavy atom. The molecule has 0 radical (unpaired) electrons. The minimum atomic E-state index is -0.0213. The smallest absolute Gasteiger partial charge is 0.317 e. The van der Waals surface area contributed by atoms with Gasteiger partial charge in [-0.1, -0.05) is 0 Å². The second-order valence-electron chi connectivity index (χ2n) is 4.45. The Kier molecular flexibility index (Phi) is 4.02. The zero-order valence-corrected chi connectivity index (χ0v) is 10.8. The molecule has 1 aromatic rings. The molecule has 1 saturated heterocycles. The maximum Gasteiger partial charge on any atom is 0.317 e. The van der Waals surface area contributed by atoms with Gasteiger partial charge in [0.1, 0.15) is 0 Å². The zero-order valence-electron chi connectivity index (χ0n) is 9.98. The van der Waals surface area contributed by atoms with Crippen LogP contribution in [-0.2, 0) is 6.54 Å². The Balaban J connectivity index is 1.78. The van der Waals surface area contributed by atoms with Crippen molar-refractivity contribution in [2.45, 2.75) is 19.9 Å². The molecular formula is C12H18N2O2S. The number of aliphatic hydroxyl groups excluding tert-OH is 1. The van der Waals surface area contributed by atoms with Crippen molar-refractivity contribution >= 4 is 17.4 Å². The van der Waals surface area contributed by atoms with E-state index < -0.39 is 0 Å². The van der Waals surface area contributed by atoms with E-state index in [9.17, 15) is 4.79 Å². The summed E-state index contributed by atoms with van der Waals surface area (Å²) in [5, 5.41) is 11.9. The quantitative estimate of drug-likeness (QED) is 0.860. The van der Waals surface area contributed by atoms with Gasteiger partial charge in [0.15, 0.2) is 0 Å². The van der Waals surface area contributed by atoms with E-state index in [1.54, 1.807) is 16.2 Å². The van der Waals surface area contributed by atoms with Crippen molar-refractivity contribution in [1.82, 2.24) is 10.2 Å². The Hall–Kier alpha value is -1.07. The summed E-state index contributed by atoms with van der Waals surface area (Å²) in [4.78, 5) is 16.0. The van der Waals surface area contributed by atoms with Gasteiger partial charge in [0.05, 0.1) is 6.54 Å². The maximum atomic E-state index is 11.8. The van der Waals surface area contributed by atoms with Crippen LogP contribution >= 0.6 is 11.3 Å². The van der Waals surface area contributed by atoms with Crippen LogP contribution in [0.4, 0.5) is 4.79 Å². The average Bonchev–Trinajstić information content (AvgIpc) is 2.94. The highest BCUT2D eigenvalue weighted by Crippen LogP contribution is 2.17. The summed E-state index contributed by atoms with van der Waals surface area (Å²) in [6.45, 7) is 4.25. The molecule has 1 unspecified atom stereocenters. The summed E-state index contributed by atoms with van der Waals surface area (Å²) in [5.41, 5.74) is 0. The highest BCUT2D eigenvalue weighted by molar-refractivity contribution is 7.11. The third-order valence-electron chi connectivity index (χ3n) is 3.04. The van der Waals surface area contributed by atoms with Crippen molar-refractivity contribution in [3.05, 3.63) is 21.9 Å². The second kappa shape index (κ2) is 5.51. The summed E-state index contributed by atoms with van der Waals surface area (Å²) in [6.07, 6.45) is 0.905. The van der Waals surface area contributed by atoms with E-state index in [1.165, 1.54) is 9.75 Å². The van der Waals surface area contributed by atoms with Crippen LogP contribution in [0.1, 0.15) is 16.2 Å². The van der Waals surface area contributed by atoms with Gasteiger partial charge in [0, 0.05) is 35.4 Å². The molecule has 17 heavy (non-hydrogen) atoms. The van der Waals surface area contributed by atoms with Gasteiger partial charge in [-0.3, -0.25) is 0 Å². The normalized spacial score (nSPS) is 19.6. The molecular weight excluding hydrogens is 236 g/mol. The van der Waals surface area contributed by atoms with Crippen LogP contribution < -0.4 is 5.32 Å². The minimum absolute atomic E-state index is 0.0213. The fourth-order valence-electron chi connectivity index (χ4n) is 2.02. The highest BCUT2D eigenvalue weighted by Gasteiger charge is 2.25. The van der Waals surface area contributed by atoms with Crippen molar-refractivity contribution in [1.29, 1.82) is 0 Å². The molecule has 1 aliphatic rings. The van der Waals surface area contributed by atoms with Gasteiger partial charge in [-0.05, 0) is 25.5 Å². The summed E-state index contributed by atoms with van der Waals surface area (Å²) in [6, 6.07) is 4.08. The van der Waals surface area contributed by atoms with Gasteiger partial charge in [-0.2, -0.15) is 0 Å². The fourth-order valence-corrected chi connectivity index (χ4v) is 2.85. The molecule has 1 atom stereocenters. The number of carbonyl (C=O) groups excluding carboxylic acids is 1. The molecule has 0 aromatic carbocycles. The zero-order chi connectivity index (χ0) is 12.3. The minimum Gasteiger partial charge on any atom is -0.396 e. The summed E-state index contributed by atoms with van der Waals surface area (Å²) >= 11 is 1.70. The first-order valence-electron chi connectivity index (χ1n) is 5.88. The molecule has 2 heterocycles. The van der Waals surface area contributed by atoms with Gasteiger partial charge in [-0.15, -0.1) is 11.3 Å². The Morgan fingerprint density at radius 1 is 1.65 bits per heavy atom. The molecule has 0 saturated carbocycles. The molecule has 2 amide bonds. The van der Waals surface area contributed by atoms with Crippen LogP contribution in [0.5, 0.6) is 0 Å². The van der Waals surface area contributed by atoms with E-state index in [2.05, 4.69) is 18.3 Å². The number of nitrogens with zero attached hydrogens (tertiary/aromatic N) is 1. The van der Waals surface area contributed by atoms with E-state index in [-0.39, 0.29) is 18.6 Å². The summed E-state index contributed by atoms with van der Waals surface area (Å²) < 4.78 is 0. The number of amides is 2. The molecule has 0 spiro atoms. The molecule has 1 aliphatic heterocycles. The van der Waals surface area contributed by atoms with Gasteiger partial charge in [-0.25, -0.2) is 4.79 Å². The number of aliphatic hydroxyl groups is 1. The number of hydrogen-bond donors (Lipinski definition) is 2. The van der Waals surface area contributed by atoms with E-state index in [0.29, 0.717) is 13.1 Å². The van der Waals surface area contributed by atoms with Crippen LogP contribution in [0.2, 0.25) is 0 Å². The number of thiophene rings is 1. The monoisotopic (exact) mass is 254 g/mol. The SMILES string of the molecule is Cc1ccc(CNC(=O)N2CCC(CO)C2)s1. The molecule has 1 fully saturated rings. The maximum absolute atomic E-state index is 11.8. The molecule has 2 rings (SSSR count). The first kappa shape index (κ1) is 12.4. The third-order valence-corrected chi connectivity index (χ3v) is 4.04. The van der Waals surface area contributed by atoms with Crippen molar-refractivity contribution in [3.63, 3.8) is 0 Å². The molecule has 0 bridgehead atoms. The molecule has 5 heteroatoms. The number of likely N-dealkylation sites (tertiary alicyclic amines) is 1. The lowest BCUT2D eigenvalue weighted by Gasteiger charge is -2.16. The molecule has 2 N–H and O–H groups in total. The van der Waals surface area contributed by atoms with E-state index in [0.717, 1.165) is 13.0 Å². The number of carbonyl (C=O) groups is 1. The van der Waals surface area contributed by atoms with E-state index in [1.807, 2.05) is 6.07 Å². The van der Waals surface area contributed by atoms with Crippen LogP contribution in [0.25, 0.3) is 0 Å². The lowest BCUT2D eigenvalue weighted by Crippen LogP contribution is -2.38. The first-order valence-corrected chi connectivity index (χ1v) is 6.69. The number of hydrogen-bond acceptors (Lipinski definition) is 3. The van der Waals surface area contributed by atoms with Crippen molar-refractivity contribution in [3.8, 4) is 0 Å². The second-order valence-corrected chi connectivity index (χ2v) is 5.83. The number of urea groups is 1. The topological polar surface area (TPSA) is 52.6 Å². The van der Waals surface area contributed by atoms with Crippen LogP contribution in [0, 0.1) is 12.8 Å². The van der Waals surface area contributed by atoms with Gasteiger partial charge < -0.3 is 15.3 Å². The average molecular weight is 254 g/mol. The van der Waals surface area contributed by atoms with Crippen LogP contribution in [0.3, 0.4) is 0 Å². The summed E-state index contributed by atoms with van der Waals surface area (Å²) in [7, 11) is 0. The Morgan fingerprint density at radius 3 is 3.06 bits per heavy atom. The predicted octanol–water partition coefficient (Wildman–Crippen LogP) is 1.58. The van der Waals surface area contributed by atoms with Crippen molar-refractivity contribution < 1.29 is 9.90 Å². The highest BCUT2D eigenvalue weighted by atomic mass is 32.1. The molecule has 4 nitrogen and oxygen atoms in total. The Bertz CT molecular complexity index is 392. The van der Waals surface area contributed by atoms with Crippen LogP contribution in [0.15, 0.2) is 12.1 Å². The summed E-state index contributed by atoms with van der Waals surface area (Å²) in [5.74, 6) is 0.254. The number of aryl methyl sites for hydroxylation is 1. The third kappa shape index (κ3) is 3.20. The van der Waals surface area contributed by atoms with Gasteiger partial charge in [0.25, 0.3) is 0 Å². The first-order chi connectivity index (χ1) is 8.19. The fraction of sp³-hybridized carbons (Fsp3) is 0.583. The largest absolute Gasteiger partial charge is 0.396 e. The predicted molar refractivity (Wildman–Crippen MR) is 68.1 cm³/mol. The van der Waals surface area contributed by atoms with Crippen molar-refractivity contribution in [2.24, 2.45) is 5.92 Å². The number of rotatable bonds is 3. The van der Waals surface area contributed by atoms with Crippen LogP contribution in [-0.4, -0.2) is 35.7 Å². The standard InChI is InChI=1S/C12H18N2O2S/c1-9-2-3-11(17-9)6-13-12(16)14-5-4-10(7-14)8-15/h2-3,10,15H,4-8H2,1H3,(H,13,16). The molecule has 0 aliphatic carbocycles. The van der Waals surface area contributed by atoms with Gasteiger partial charge >= 0.3 is 6.03 Å². The lowest BCUT2D eigenvalue weighted by atomic mass is 10.1. The van der Waals surface area contributed by atoms with E-state index in [4.69, 9.17) is 5.11 Å². The Labute approximate surface area is 105 Å². The van der Waals surface area contributed by atoms with E-state index >= 15 is 0 Å². The molecule has 94 valence electrons. The van der Waals surface area contributed by atoms with Crippen molar-refractivity contribution in [2.75, 3.05) is 19.7 Å². The lowest BCUT2D eigenvalue weighted by molar-refractivity contribution is 0.198.